The van der Waals surface area contributed by atoms with Crippen molar-refractivity contribution in [3.05, 3.63) is 65.5 Å². The predicted octanol–water partition coefficient (Wildman–Crippen LogP) is 3.81. The number of hydrogen-bond donors (Lipinski definition) is 2. The lowest BCUT2D eigenvalue weighted by atomic mass is 10.0. The summed E-state index contributed by atoms with van der Waals surface area (Å²) in [6, 6.07) is 14.6. The van der Waals surface area contributed by atoms with Crippen molar-refractivity contribution in [1.82, 2.24) is 20.2 Å². The van der Waals surface area contributed by atoms with Gasteiger partial charge in [-0.25, -0.2) is 4.98 Å². The lowest BCUT2D eigenvalue weighted by molar-refractivity contribution is -0.127. The molecule has 2 N–H and O–H groups in total. The molecular formula is C23H26N4O2. The number of H-pyrrole nitrogens is 1. The topological polar surface area (TPSA) is 78.1 Å². The maximum absolute atomic E-state index is 13.2. The lowest BCUT2D eigenvalue weighted by Gasteiger charge is -2.29. The number of imidazole rings is 1. The third-order valence-electron chi connectivity index (χ3n) is 5.40. The monoisotopic (exact) mass is 390 g/mol. The number of nitrogens with zero attached hydrogens (tertiary/aromatic N) is 2. The molecule has 0 fully saturated rings. The highest BCUT2D eigenvalue weighted by Crippen LogP contribution is 2.27. The van der Waals surface area contributed by atoms with Crippen molar-refractivity contribution in [2.75, 3.05) is 0 Å². The Morgan fingerprint density at radius 2 is 1.86 bits per heavy atom. The molecule has 0 saturated carbocycles. The van der Waals surface area contributed by atoms with Gasteiger partial charge in [-0.15, -0.1) is 0 Å². The van der Waals surface area contributed by atoms with Crippen molar-refractivity contribution in [1.29, 1.82) is 0 Å². The molecule has 0 radical (unpaired) electrons. The van der Waals surface area contributed by atoms with Crippen molar-refractivity contribution in [3.8, 4) is 0 Å². The summed E-state index contributed by atoms with van der Waals surface area (Å²) in [5, 5.41) is 3.06. The molecule has 2 heterocycles. The number of amides is 2. The van der Waals surface area contributed by atoms with Crippen LogP contribution in [-0.2, 0) is 11.3 Å². The second-order valence-corrected chi connectivity index (χ2v) is 8.11. The first-order chi connectivity index (χ1) is 13.9. The van der Waals surface area contributed by atoms with Crippen LogP contribution in [0.25, 0.3) is 11.0 Å². The number of aromatic amines is 1. The molecule has 29 heavy (non-hydrogen) atoms. The van der Waals surface area contributed by atoms with E-state index in [4.69, 9.17) is 0 Å². The third-order valence-corrected chi connectivity index (χ3v) is 5.40. The van der Waals surface area contributed by atoms with E-state index in [0.29, 0.717) is 24.4 Å². The third kappa shape index (κ3) is 3.75. The fraction of sp³-hybridized carbons (Fsp3) is 0.348. The van der Waals surface area contributed by atoms with Gasteiger partial charge in [0.25, 0.3) is 5.91 Å². The highest BCUT2D eigenvalue weighted by atomic mass is 16.2. The zero-order chi connectivity index (χ0) is 20.5. The van der Waals surface area contributed by atoms with Crippen molar-refractivity contribution in [2.24, 2.45) is 5.92 Å². The number of carbonyl (C=O) groups excluding carboxylic acids is 2. The molecule has 2 aromatic carbocycles. The van der Waals surface area contributed by atoms with E-state index >= 15 is 0 Å². The lowest BCUT2D eigenvalue weighted by Crippen LogP contribution is -2.48. The first kappa shape index (κ1) is 19.2. The molecule has 4 rings (SSSR count). The summed E-state index contributed by atoms with van der Waals surface area (Å²) in [5.74, 6) is 0.772. The van der Waals surface area contributed by atoms with Crippen LogP contribution in [0.2, 0.25) is 0 Å². The predicted molar refractivity (Wildman–Crippen MR) is 112 cm³/mol. The van der Waals surface area contributed by atoms with Crippen molar-refractivity contribution >= 4 is 22.8 Å². The molecule has 1 aromatic heterocycles. The van der Waals surface area contributed by atoms with Gasteiger partial charge in [-0.2, -0.15) is 0 Å². The van der Waals surface area contributed by atoms with E-state index in [1.54, 1.807) is 4.90 Å². The Bertz CT molecular complexity index is 1020. The number of fused-ring (bicyclic) bond motifs is 2. The summed E-state index contributed by atoms with van der Waals surface area (Å²) in [6.07, 6.45) is 0.610. The first-order valence-electron chi connectivity index (χ1n) is 10.1. The van der Waals surface area contributed by atoms with E-state index in [1.807, 2.05) is 55.5 Å². The Kier molecular flexibility index (Phi) is 5.09. The van der Waals surface area contributed by atoms with Gasteiger partial charge in [-0.1, -0.05) is 44.2 Å². The maximum Gasteiger partial charge on any atom is 0.255 e. The Balaban J connectivity index is 1.54. The average Bonchev–Trinajstić information content (AvgIpc) is 3.28. The van der Waals surface area contributed by atoms with Gasteiger partial charge in [-0.3, -0.25) is 9.59 Å². The number of aromatic nitrogens is 2. The van der Waals surface area contributed by atoms with Crippen LogP contribution in [0, 0.1) is 5.92 Å². The Hall–Kier alpha value is -3.15. The quantitative estimate of drug-likeness (QED) is 0.672. The number of rotatable bonds is 6. The van der Waals surface area contributed by atoms with Gasteiger partial charge in [0.15, 0.2) is 0 Å². The number of para-hydroxylation sites is 2. The summed E-state index contributed by atoms with van der Waals surface area (Å²) >= 11 is 0. The van der Waals surface area contributed by atoms with Gasteiger partial charge in [0.2, 0.25) is 5.91 Å². The van der Waals surface area contributed by atoms with Crippen LogP contribution in [0.4, 0.5) is 0 Å². The zero-order valence-corrected chi connectivity index (χ0v) is 17.0. The largest absolute Gasteiger partial charge is 0.345 e. The van der Waals surface area contributed by atoms with Crippen molar-refractivity contribution < 1.29 is 9.59 Å². The second-order valence-electron chi connectivity index (χ2n) is 8.11. The summed E-state index contributed by atoms with van der Waals surface area (Å²) in [6.45, 7) is 6.51. The average molecular weight is 390 g/mol. The van der Waals surface area contributed by atoms with E-state index in [9.17, 15) is 9.59 Å². The van der Waals surface area contributed by atoms with Crippen LogP contribution in [0.1, 0.15) is 55.0 Å². The van der Waals surface area contributed by atoms with Crippen LogP contribution in [0.15, 0.2) is 48.5 Å². The van der Waals surface area contributed by atoms with E-state index in [2.05, 4.69) is 29.1 Å². The van der Waals surface area contributed by atoms with E-state index in [0.717, 1.165) is 16.6 Å². The molecule has 2 atom stereocenters. The van der Waals surface area contributed by atoms with E-state index < -0.39 is 6.04 Å². The molecule has 3 aromatic rings. The van der Waals surface area contributed by atoms with E-state index in [1.165, 1.54) is 0 Å². The molecule has 6 heteroatoms. The molecule has 0 aliphatic carbocycles. The second kappa shape index (κ2) is 7.70. The smallest absolute Gasteiger partial charge is 0.255 e. The summed E-state index contributed by atoms with van der Waals surface area (Å²) in [7, 11) is 0. The zero-order valence-electron chi connectivity index (χ0n) is 17.0. The van der Waals surface area contributed by atoms with Crippen LogP contribution >= 0.6 is 0 Å². The Morgan fingerprint density at radius 1 is 1.14 bits per heavy atom. The minimum Gasteiger partial charge on any atom is -0.345 e. The van der Waals surface area contributed by atoms with Crippen molar-refractivity contribution in [3.63, 3.8) is 0 Å². The molecule has 150 valence electrons. The Labute approximate surface area is 170 Å². The SMILES string of the molecule is CC(C)CC(C(=O)NC(C)c1nc2ccccc2[nH]1)N1Cc2ccccc2C1=O. The molecule has 1 aliphatic heterocycles. The summed E-state index contributed by atoms with van der Waals surface area (Å²) in [4.78, 5) is 35.7. The standard InChI is InChI=1S/C23H26N4O2/c1-14(2)12-20(27-13-16-8-4-5-9-17(16)23(27)29)22(28)24-15(3)21-25-18-10-6-7-11-19(18)26-21/h4-11,14-15,20H,12-13H2,1-3H3,(H,24,28)(H,25,26). The number of hydrogen-bond acceptors (Lipinski definition) is 3. The van der Waals surface area contributed by atoms with Gasteiger partial charge in [0.05, 0.1) is 17.1 Å². The molecule has 0 bridgehead atoms. The molecule has 2 unspecified atom stereocenters. The fourth-order valence-corrected chi connectivity index (χ4v) is 3.91. The Morgan fingerprint density at radius 3 is 2.59 bits per heavy atom. The molecule has 0 saturated heterocycles. The molecule has 0 spiro atoms. The summed E-state index contributed by atoms with van der Waals surface area (Å²) in [5.41, 5.74) is 3.48. The minimum atomic E-state index is -0.512. The molecular weight excluding hydrogens is 364 g/mol. The van der Waals surface area contributed by atoms with E-state index in [-0.39, 0.29) is 23.8 Å². The number of carbonyl (C=O) groups is 2. The van der Waals surface area contributed by atoms with Gasteiger partial charge >= 0.3 is 0 Å². The maximum atomic E-state index is 13.2. The van der Waals surface area contributed by atoms with Crippen LogP contribution in [0.3, 0.4) is 0 Å². The van der Waals surface area contributed by atoms with Crippen LogP contribution in [0.5, 0.6) is 0 Å². The molecule has 2 amide bonds. The number of benzene rings is 2. The number of nitrogens with one attached hydrogen (secondary N) is 2. The fourth-order valence-electron chi connectivity index (χ4n) is 3.91. The highest BCUT2D eigenvalue weighted by Gasteiger charge is 2.37. The first-order valence-corrected chi connectivity index (χ1v) is 10.1. The molecule has 1 aliphatic rings. The van der Waals surface area contributed by atoms with Crippen LogP contribution < -0.4 is 5.32 Å². The molecule has 6 nitrogen and oxygen atoms in total. The summed E-state index contributed by atoms with van der Waals surface area (Å²) < 4.78 is 0. The van der Waals surface area contributed by atoms with Crippen LogP contribution in [-0.4, -0.2) is 32.7 Å². The highest BCUT2D eigenvalue weighted by molar-refractivity contribution is 6.01. The van der Waals surface area contributed by atoms with Gasteiger partial charge in [0.1, 0.15) is 11.9 Å². The minimum absolute atomic E-state index is 0.0715. The van der Waals surface area contributed by atoms with Gasteiger partial charge in [-0.05, 0) is 43.0 Å². The van der Waals surface area contributed by atoms with Gasteiger partial charge < -0.3 is 15.2 Å². The van der Waals surface area contributed by atoms with Gasteiger partial charge in [0, 0.05) is 12.1 Å². The normalized spacial score (nSPS) is 15.6. The van der Waals surface area contributed by atoms with Crippen molar-refractivity contribution in [2.45, 2.75) is 45.8 Å².